The zero-order valence-electron chi connectivity index (χ0n) is 9.73. The van der Waals surface area contributed by atoms with Gasteiger partial charge in [0.2, 0.25) is 0 Å². The maximum Gasteiger partial charge on any atom is 0.325 e. The molecular weight excluding hydrogens is 238 g/mol. The smallest absolute Gasteiger partial charge is 0.325 e. The number of nitrogens with one attached hydrogen (secondary N) is 3. The second-order valence-corrected chi connectivity index (χ2v) is 4.42. The highest BCUT2D eigenvalue weighted by atomic mass is 16.3. The van der Waals surface area contributed by atoms with Crippen LogP contribution in [0.25, 0.3) is 0 Å². The molecule has 98 valence electrons. The van der Waals surface area contributed by atoms with Gasteiger partial charge in [-0.2, -0.15) is 0 Å². The number of aromatic nitrogens is 2. The maximum absolute atomic E-state index is 11.8. The van der Waals surface area contributed by atoms with Crippen molar-refractivity contribution in [3.05, 3.63) is 32.6 Å². The molecule has 2 rings (SSSR count). The van der Waals surface area contributed by atoms with Crippen LogP contribution in [-0.2, 0) is 0 Å². The van der Waals surface area contributed by atoms with Gasteiger partial charge in [-0.25, -0.2) is 4.79 Å². The number of aliphatic hydroxyl groups excluding tert-OH is 1. The number of hydrogen-bond acceptors (Lipinski definition) is 4. The van der Waals surface area contributed by atoms with Gasteiger partial charge in [-0.15, -0.1) is 0 Å². The highest BCUT2D eigenvalue weighted by Gasteiger charge is 2.25. The zero-order chi connectivity index (χ0) is 13.1. The molecule has 0 saturated heterocycles. The number of hydrogen-bond donors (Lipinski definition) is 4. The molecule has 2 unspecified atom stereocenters. The quantitative estimate of drug-likeness (QED) is 0.546. The SMILES string of the molecule is O=C(NC1CCCCC1O)c1c[nH]c(=O)[nH]c1=O. The number of rotatable bonds is 2. The number of aliphatic hydroxyl groups is 1. The highest BCUT2D eigenvalue weighted by Crippen LogP contribution is 2.18. The Morgan fingerprint density at radius 2 is 2.06 bits per heavy atom. The number of H-pyrrole nitrogens is 2. The van der Waals surface area contributed by atoms with Crippen LogP contribution in [0, 0.1) is 0 Å². The average Bonchev–Trinajstić information content (AvgIpc) is 2.32. The molecule has 0 bridgehead atoms. The Morgan fingerprint density at radius 1 is 1.33 bits per heavy atom. The number of aromatic amines is 2. The van der Waals surface area contributed by atoms with E-state index < -0.39 is 23.3 Å². The van der Waals surface area contributed by atoms with Gasteiger partial charge in [0.05, 0.1) is 12.1 Å². The summed E-state index contributed by atoms with van der Waals surface area (Å²) in [6.45, 7) is 0. The van der Waals surface area contributed by atoms with Crippen LogP contribution in [0.1, 0.15) is 36.0 Å². The van der Waals surface area contributed by atoms with Crippen LogP contribution in [0.5, 0.6) is 0 Å². The van der Waals surface area contributed by atoms with Crippen molar-refractivity contribution in [3.8, 4) is 0 Å². The lowest BCUT2D eigenvalue weighted by molar-refractivity contribution is 0.0716. The molecule has 0 aromatic carbocycles. The Hall–Kier alpha value is -1.89. The normalized spacial score (nSPS) is 23.6. The van der Waals surface area contributed by atoms with Crippen LogP contribution in [-0.4, -0.2) is 33.1 Å². The van der Waals surface area contributed by atoms with Crippen LogP contribution in [0.3, 0.4) is 0 Å². The molecule has 7 nitrogen and oxygen atoms in total. The lowest BCUT2D eigenvalue weighted by Crippen LogP contribution is -2.46. The van der Waals surface area contributed by atoms with E-state index in [1.165, 1.54) is 0 Å². The van der Waals surface area contributed by atoms with Crippen molar-refractivity contribution in [1.82, 2.24) is 15.3 Å². The first-order chi connectivity index (χ1) is 8.58. The van der Waals surface area contributed by atoms with Gasteiger partial charge in [0.1, 0.15) is 5.56 Å². The second kappa shape index (κ2) is 5.18. The standard InChI is InChI=1S/C11H15N3O4/c15-8-4-2-1-3-7(8)13-9(16)6-5-12-11(18)14-10(6)17/h5,7-8,15H,1-4H2,(H,13,16)(H2,12,14,17,18). The molecule has 1 aromatic heterocycles. The lowest BCUT2D eigenvalue weighted by Gasteiger charge is -2.28. The fourth-order valence-corrected chi connectivity index (χ4v) is 2.10. The largest absolute Gasteiger partial charge is 0.391 e. The van der Waals surface area contributed by atoms with Crippen molar-refractivity contribution >= 4 is 5.91 Å². The van der Waals surface area contributed by atoms with Gasteiger partial charge >= 0.3 is 5.69 Å². The minimum absolute atomic E-state index is 0.160. The number of amides is 1. The third-order valence-corrected chi connectivity index (χ3v) is 3.11. The van der Waals surface area contributed by atoms with E-state index in [-0.39, 0.29) is 11.6 Å². The fraction of sp³-hybridized carbons (Fsp3) is 0.545. The Morgan fingerprint density at radius 3 is 2.72 bits per heavy atom. The number of carbonyl (C=O) groups excluding carboxylic acids is 1. The summed E-state index contributed by atoms with van der Waals surface area (Å²) in [7, 11) is 0. The van der Waals surface area contributed by atoms with E-state index in [4.69, 9.17) is 0 Å². The van der Waals surface area contributed by atoms with Crippen LogP contribution < -0.4 is 16.6 Å². The van der Waals surface area contributed by atoms with E-state index >= 15 is 0 Å². The minimum atomic E-state index is -0.735. The lowest BCUT2D eigenvalue weighted by atomic mass is 9.92. The van der Waals surface area contributed by atoms with Crippen molar-refractivity contribution in [2.75, 3.05) is 0 Å². The van der Waals surface area contributed by atoms with Gasteiger partial charge in [-0.1, -0.05) is 12.8 Å². The molecule has 2 atom stereocenters. The molecule has 1 aromatic rings. The molecule has 1 aliphatic carbocycles. The topological polar surface area (TPSA) is 115 Å². The fourth-order valence-electron chi connectivity index (χ4n) is 2.10. The maximum atomic E-state index is 11.8. The Labute approximate surface area is 102 Å². The van der Waals surface area contributed by atoms with Crippen LogP contribution in [0.2, 0.25) is 0 Å². The third-order valence-electron chi connectivity index (χ3n) is 3.11. The van der Waals surface area contributed by atoms with Crippen LogP contribution >= 0.6 is 0 Å². The summed E-state index contributed by atoms with van der Waals surface area (Å²) >= 11 is 0. The molecule has 1 amide bonds. The molecule has 4 N–H and O–H groups in total. The first-order valence-corrected chi connectivity index (χ1v) is 5.89. The van der Waals surface area contributed by atoms with E-state index in [0.29, 0.717) is 12.8 Å². The zero-order valence-corrected chi connectivity index (χ0v) is 9.73. The van der Waals surface area contributed by atoms with E-state index in [1.54, 1.807) is 0 Å². The summed E-state index contributed by atoms with van der Waals surface area (Å²) in [6.07, 6.45) is 3.70. The van der Waals surface area contributed by atoms with Crippen LogP contribution in [0.15, 0.2) is 15.8 Å². The molecular formula is C11H15N3O4. The Bertz CT molecular complexity index is 548. The third kappa shape index (κ3) is 2.67. The van der Waals surface area contributed by atoms with Crippen LogP contribution in [0.4, 0.5) is 0 Å². The Balaban J connectivity index is 2.12. The van der Waals surface area contributed by atoms with Gasteiger partial charge < -0.3 is 15.4 Å². The summed E-state index contributed by atoms with van der Waals surface area (Å²) in [5.41, 5.74) is -1.55. The summed E-state index contributed by atoms with van der Waals surface area (Å²) < 4.78 is 0. The monoisotopic (exact) mass is 253 g/mol. The van der Waals surface area contributed by atoms with Gasteiger partial charge in [0, 0.05) is 6.20 Å². The second-order valence-electron chi connectivity index (χ2n) is 4.42. The van der Waals surface area contributed by atoms with Crippen molar-refractivity contribution < 1.29 is 9.90 Å². The molecule has 1 aliphatic rings. The van der Waals surface area contributed by atoms with E-state index in [1.807, 2.05) is 4.98 Å². The van der Waals surface area contributed by atoms with Crippen molar-refractivity contribution in [1.29, 1.82) is 0 Å². The molecule has 1 saturated carbocycles. The number of carbonyl (C=O) groups is 1. The van der Waals surface area contributed by atoms with Crippen molar-refractivity contribution in [2.45, 2.75) is 37.8 Å². The molecule has 1 fully saturated rings. The average molecular weight is 253 g/mol. The summed E-state index contributed by atoms with van der Waals surface area (Å²) in [5, 5.41) is 12.3. The predicted octanol–water partition coefficient (Wildman–Crippen LogP) is -0.903. The van der Waals surface area contributed by atoms with Gasteiger partial charge in [-0.3, -0.25) is 14.6 Å². The molecule has 1 heterocycles. The summed E-state index contributed by atoms with van der Waals surface area (Å²) in [6, 6.07) is -0.336. The minimum Gasteiger partial charge on any atom is -0.391 e. The van der Waals surface area contributed by atoms with E-state index in [0.717, 1.165) is 19.0 Å². The molecule has 0 radical (unpaired) electrons. The van der Waals surface area contributed by atoms with Crippen molar-refractivity contribution in [2.24, 2.45) is 0 Å². The molecule has 0 aliphatic heterocycles. The molecule has 7 heteroatoms. The highest BCUT2D eigenvalue weighted by molar-refractivity contribution is 5.93. The Kier molecular flexibility index (Phi) is 3.61. The summed E-state index contributed by atoms with van der Waals surface area (Å²) in [5.74, 6) is -0.585. The van der Waals surface area contributed by atoms with Gasteiger partial charge in [0.25, 0.3) is 11.5 Å². The molecule has 0 spiro atoms. The van der Waals surface area contributed by atoms with Crippen molar-refractivity contribution in [3.63, 3.8) is 0 Å². The first kappa shape index (κ1) is 12.6. The first-order valence-electron chi connectivity index (χ1n) is 5.89. The van der Waals surface area contributed by atoms with Gasteiger partial charge in [-0.05, 0) is 12.8 Å². The van der Waals surface area contributed by atoms with E-state index in [9.17, 15) is 19.5 Å². The van der Waals surface area contributed by atoms with Gasteiger partial charge in [0.15, 0.2) is 0 Å². The predicted molar refractivity (Wildman–Crippen MR) is 63.4 cm³/mol. The molecule has 18 heavy (non-hydrogen) atoms. The summed E-state index contributed by atoms with van der Waals surface area (Å²) in [4.78, 5) is 38.3. The van der Waals surface area contributed by atoms with E-state index in [2.05, 4.69) is 10.3 Å².